The number of halogens is 1. The summed E-state index contributed by atoms with van der Waals surface area (Å²) >= 11 is 5.99. The smallest absolute Gasteiger partial charge is 0.261 e. The van der Waals surface area contributed by atoms with E-state index in [9.17, 15) is 4.79 Å². The quantitative estimate of drug-likeness (QED) is 0.595. The van der Waals surface area contributed by atoms with Crippen molar-refractivity contribution >= 4 is 17.5 Å². The number of benzene rings is 2. The lowest BCUT2D eigenvalue weighted by atomic mass is 10.0. The first-order valence-corrected chi connectivity index (χ1v) is 9.84. The zero-order valence-electron chi connectivity index (χ0n) is 16.9. The van der Waals surface area contributed by atoms with Gasteiger partial charge in [0.05, 0.1) is 6.54 Å². The Morgan fingerprint density at radius 1 is 1.21 bits per heavy atom. The van der Waals surface area contributed by atoms with Crippen molar-refractivity contribution in [3.63, 3.8) is 0 Å². The molecule has 0 aliphatic heterocycles. The molecule has 1 atom stereocenters. The number of rotatable bonds is 7. The Hall–Kier alpha value is -2.86. The van der Waals surface area contributed by atoms with E-state index in [1.165, 1.54) is 0 Å². The number of carbonyl (C=O) groups excluding carboxylic acids is 1. The maximum absolute atomic E-state index is 12.5. The Balaban J connectivity index is 1.61. The zero-order valence-corrected chi connectivity index (χ0v) is 17.7. The largest absolute Gasteiger partial charge is 0.481 e. The van der Waals surface area contributed by atoms with Gasteiger partial charge in [0, 0.05) is 10.6 Å². The number of carbonyl (C=O) groups is 1. The van der Waals surface area contributed by atoms with Gasteiger partial charge >= 0.3 is 0 Å². The Bertz CT molecular complexity index is 1000. The van der Waals surface area contributed by atoms with Crippen LogP contribution >= 0.6 is 11.6 Å². The summed E-state index contributed by atoms with van der Waals surface area (Å²) in [6.07, 6.45) is -0.662. The van der Waals surface area contributed by atoms with E-state index in [-0.39, 0.29) is 12.5 Å². The van der Waals surface area contributed by atoms with Gasteiger partial charge in [0.15, 0.2) is 6.10 Å². The highest BCUT2D eigenvalue weighted by Gasteiger charge is 2.18. The highest BCUT2D eigenvalue weighted by molar-refractivity contribution is 6.30. The lowest BCUT2D eigenvalue weighted by molar-refractivity contribution is -0.127. The van der Waals surface area contributed by atoms with Gasteiger partial charge in [-0.25, -0.2) is 0 Å². The number of nitrogens with zero attached hydrogens (tertiary/aromatic N) is 2. The molecule has 0 bridgehead atoms. The molecule has 1 unspecified atom stereocenters. The zero-order chi connectivity index (χ0) is 21.0. The van der Waals surface area contributed by atoms with Crippen molar-refractivity contribution in [2.75, 3.05) is 0 Å². The summed E-state index contributed by atoms with van der Waals surface area (Å²) in [6, 6.07) is 13.2. The summed E-state index contributed by atoms with van der Waals surface area (Å²) in [6.45, 7) is 8.01. The molecule has 0 saturated carbocycles. The van der Waals surface area contributed by atoms with Crippen molar-refractivity contribution in [1.29, 1.82) is 0 Å². The van der Waals surface area contributed by atoms with E-state index < -0.39 is 6.10 Å². The minimum absolute atomic E-state index is 0.116. The van der Waals surface area contributed by atoms with Gasteiger partial charge in [0.25, 0.3) is 5.91 Å². The number of amides is 1. The maximum atomic E-state index is 12.5. The second-order valence-corrected chi connectivity index (χ2v) is 7.63. The SMILES string of the molecule is Cc1ccc(C(C)C)c(OC(C)C(=O)NCc2nc(-c3cccc(Cl)c3)no2)c1. The summed E-state index contributed by atoms with van der Waals surface area (Å²) in [7, 11) is 0. The predicted molar refractivity (Wildman–Crippen MR) is 112 cm³/mol. The minimum Gasteiger partial charge on any atom is -0.481 e. The van der Waals surface area contributed by atoms with E-state index in [1.807, 2.05) is 37.3 Å². The van der Waals surface area contributed by atoms with E-state index in [0.717, 1.165) is 22.4 Å². The fourth-order valence-corrected chi connectivity index (χ4v) is 3.03. The highest BCUT2D eigenvalue weighted by Crippen LogP contribution is 2.28. The van der Waals surface area contributed by atoms with Crippen LogP contribution in [0.5, 0.6) is 5.75 Å². The van der Waals surface area contributed by atoms with Crippen LogP contribution in [0.1, 0.15) is 43.7 Å². The van der Waals surface area contributed by atoms with Crippen LogP contribution in [0.2, 0.25) is 5.02 Å². The normalized spacial score (nSPS) is 12.1. The molecule has 7 heteroatoms. The molecule has 0 fully saturated rings. The summed E-state index contributed by atoms with van der Waals surface area (Å²) in [4.78, 5) is 16.8. The number of hydrogen-bond acceptors (Lipinski definition) is 5. The Morgan fingerprint density at radius 3 is 2.72 bits per heavy atom. The summed E-state index contributed by atoms with van der Waals surface area (Å²) < 4.78 is 11.1. The van der Waals surface area contributed by atoms with E-state index in [4.69, 9.17) is 20.9 Å². The van der Waals surface area contributed by atoms with E-state index >= 15 is 0 Å². The van der Waals surface area contributed by atoms with Gasteiger partial charge in [-0.1, -0.05) is 54.9 Å². The first-order valence-electron chi connectivity index (χ1n) is 9.47. The van der Waals surface area contributed by atoms with Gasteiger partial charge in [-0.15, -0.1) is 0 Å². The van der Waals surface area contributed by atoms with Crippen molar-refractivity contribution in [2.45, 2.75) is 46.3 Å². The van der Waals surface area contributed by atoms with Crippen molar-refractivity contribution in [2.24, 2.45) is 0 Å². The molecule has 29 heavy (non-hydrogen) atoms. The van der Waals surface area contributed by atoms with Gasteiger partial charge in [-0.3, -0.25) is 4.79 Å². The topological polar surface area (TPSA) is 77.2 Å². The van der Waals surface area contributed by atoms with Crippen molar-refractivity contribution in [3.05, 3.63) is 64.5 Å². The van der Waals surface area contributed by atoms with Crippen LogP contribution in [-0.4, -0.2) is 22.2 Å². The van der Waals surface area contributed by atoms with Crippen molar-refractivity contribution < 1.29 is 14.1 Å². The summed E-state index contributed by atoms with van der Waals surface area (Å²) in [5.74, 6) is 1.48. The van der Waals surface area contributed by atoms with Crippen LogP contribution in [0.25, 0.3) is 11.4 Å². The van der Waals surface area contributed by atoms with Crippen LogP contribution in [0, 0.1) is 6.92 Å². The molecule has 2 aromatic carbocycles. The number of ether oxygens (including phenoxy) is 1. The van der Waals surface area contributed by atoms with Crippen molar-refractivity contribution in [3.8, 4) is 17.1 Å². The van der Waals surface area contributed by atoms with E-state index in [1.54, 1.807) is 19.1 Å². The van der Waals surface area contributed by atoms with E-state index in [2.05, 4.69) is 29.3 Å². The molecule has 0 spiro atoms. The molecule has 1 N–H and O–H groups in total. The molecule has 1 heterocycles. The Labute approximate surface area is 175 Å². The third-order valence-electron chi connectivity index (χ3n) is 4.43. The fraction of sp³-hybridized carbons (Fsp3) is 0.318. The molecule has 0 saturated heterocycles. The minimum atomic E-state index is -0.662. The van der Waals surface area contributed by atoms with Crippen LogP contribution in [0.3, 0.4) is 0 Å². The third-order valence-corrected chi connectivity index (χ3v) is 4.66. The molecular weight excluding hydrogens is 390 g/mol. The van der Waals surface area contributed by atoms with Gasteiger partial charge < -0.3 is 14.6 Å². The molecule has 3 aromatic rings. The van der Waals surface area contributed by atoms with Crippen molar-refractivity contribution in [1.82, 2.24) is 15.5 Å². The number of aromatic nitrogens is 2. The lowest BCUT2D eigenvalue weighted by Gasteiger charge is -2.19. The monoisotopic (exact) mass is 413 g/mol. The molecule has 3 rings (SSSR count). The number of nitrogens with one attached hydrogen (secondary N) is 1. The molecule has 0 aliphatic carbocycles. The number of hydrogen-bond donors (Lipinski definition) is 1. The maximum Gasteiger partial charge on any atom is 0.261 e. The van der Waals surface area contributed by atoms with Crippen LogP contribution < -0.4 is 10.1 Å². The Morgan fingerprint density at radius 2 is 2.00 bits per heavy atom. The van der Waals surface area contributed by atoms with Crippen LogP contribution in [0.15, 0.2) is 47.0 Å². The van der Waals surface area contributed by atoms with E-state index in [0.29, 0.717) is 22.7 Å². The highest BCUT2D eigenvalue weighted by atomic mass is 35.5. The molecule has 0 aliphatic rings. The average molecular weight is 414 g/mol. The summed E-state index contributed by atoms with van der Waals surface area (Å²) in [5.41, 5.74) is 2.89. The van der Waals surface area contributed by atoms with Crippen LogP contribution in [-0.2, 0) is 11.3 Å². The predicted octanol–water partition coefficient (Wildman–Crippen LogP) is 4.91. The molecule has 1 amide bonds. The second-order valence-electron chi connectivity index (χ2n) is 7.20. The molecule has 6 nitrogen and oxygen atoms in total. The summed E-state index contributed by atoms with van der Waals surface area (Å²) in [5, 5.41) is 7.29. The standard InChI is InChI=1S/C22H24ClN3O3/c1-13(2)18-9-8-14(3)10-19(18)28-15(4)22(27)24-12-20-25-21(26-29-20)16-6-5-7-17(23)11-16/h5-11,13,15H,12H2,1-4H3,(H,24,27). The first kappa shape index (κ1) is 20.9. The molecule has 152 valence electrons. The molecule has 0 radical (unpaired) electrons. The number of aryl methyl sites for hydroxylation is 1. The van der Waals surface area contributed by atoms with Gasteiger partial charge in [0.1, 0.15) is 5.75 Å². The average Bonchev–Trinajstić information content (AvgIpc) is 3.15. The second kappa shape index (κ2) is 9.09. The molecule has 1 aromatic heterocycles. The van der Waals surface area contributed by atoms with Crippen LogP contribution in [0.4, 0.5) is 0 Å². The van der Waals surface area contributed by atoms with Gasteiger partial charge in [-0.2, -0.15) is 4.98 Å². The Kier molecular flexibility index (Phi) is 6.54. The first-order chi connectivity index (χ1) is 13.8. The van der Waals surface area contributed by atoms with Gasteiger partial charge in [0.2, 0.25) is 11.7 Å². The lowest BCUT2D eigenvalue weighted by Crippen LogP contribution is -2.36. The fourth-order valence-electron chi connectivity index (χ4n) is 2.84. The van der Waals surface area contributed by atoms with Gasteiger partial charge in [-0.05, 0) is 49.1 Å². The molecular formula is C22H24ClN3O3. The third kappa shape index (κ3) is 5.35.